The molecule has 0 saturated heterocycles. The fourth-order valence-corrected chi connectivity index (χ4v) is 3.19. The van der Waals surface area contributed by atoms with Crippen LogP contribution in [-0.4, -0.2) is 32.3 Å². The Hall–Kier alpha value is -2.48. The van der Waals surface area contributed by atoms with E-state index in [1.54, 1.807) is 12.1 Å². The van der Waals surface area contributed by atoms with E-state index < -0.39 is 5.97 Å². The molecule has 3 aromatic heterocycles. The van der Waals surface area contributed by atoms with Crippen molar-refractivity contribution < 1.29 is 9.53 Å². The minimum atomic E-state index is -0.480. The Labute approximate surface area is 134 Å². The van der Waals surface area contributed by atoms with Crippen molar-refractivity contribution in [2.75, 3.05) is 6.61 Å². The Morgan fingerprint density at radius 3 is 3.17 bits per heavy atom. The Balaban J connectivity index is 1.39. The van der Waals surface area contributed by atoms with E-state index in [4.69, 9.17) is 4.74 Å². The lowest BCUT2D eigenvalue weighted by Crippen LogP contribution is -2.23. The number of rotatable bonds is 5. The largest absolute Gasteiger partial charge is 0.459 e. The number of H-pyrrole nitrogens is 1. The van der Waals surface area contributed by atoms with Gasteiger partial charge in [-0.3, -0.25) is 14.5 Å². The molecule has 1 N–H and O–H groups in total. The Bertz CT molecular complexity index is 922. The molecule has 3 aromatic rings. The van der Waals surface area contributed by atoms with Gasteiger partial charge in [0.2, 0.25) is 0 Å². The molecule has 4 rings (SSSR count). The maximum Gasteiger partial charge on any atom is 0.358 e. The fourth-order valence-electron chi connectivity index (χ4n) is 2.39. The fraction of sp³-hybridized carbons (Fsp3) is 0.333. The molecule has 0 aromatic carbocycles. The van der Waals surface area contributed by atoms with Gasteiger partial charge in [-0.05, 0) is 30.4 Å². The molecule has 0 atom stereocenters. The number of nitrogens with one attached hydrogen (secondary N) is 1. The van der Waals surface area contributed by atoms with E-state index in [1.807, 2.05) is 5.38 Å². The maximum absolute atomic E-state index is 12.2. The zero-order chi connectivity index (χ0) is 15.8. The van der Waals surface area contributed by atoms with Gasteiger partial charge in [0.25, 0.3) is 5.56 Å². The highest BCUT2D eigenvalue weighted by Gasteiger charge is 2.26. The minimum Gasteiger partial charge on any atom is -0.459 e. The van der Waals surface area contributed by atoms with E-state index in [9.17, 15) is 9.59 Å². The third-order valence-electron chi connectivity index (χ3n) is 3.83. The minimum absolute atomic E-state index is 0.100. The summed E-state index contributed by atoms with van der Waals surface area (Å²) in [5, 5.41) is 8.68. The highest BCUT2D eigenvalue weighted by Crippen LogP contribution is 2.39. The first kappa shape index (κ1) is 14.1. The standard InChI is InChI=1S/C15H14N4O3S/c20-14-13-10(3-6-23-13)16-8-19(14)4-5-22-15(21)12-7-11(17-18-12)9-1-2-9/h3,6-9H,1-2,4-5H2,(H,17,18). The second kappa shape index (κ2) is 5.62. The summed E-state index contributed by atoms with van der Waals surface area (Å²) in [4.78, 5) is 28.3. The molecule has 118 valence electrons. The van der Waals surface area contributed by atoms with E-state index in [0.717, 1.165) is 18.5 Å². The maximum atomic E-state index is 12.2. The van der Waals surface area contributed by atoms with Crippen LogP contribution >= 0.6 is 11.3 Å². The summed E-state index contributed by atoms with van der Waals surface area (Å²) in [7, 11) is 0. The van der Waals surface area contributed by atoms with E-state index in [0.29, 0.717) is 16.1 Å². The number of aromatic nitrogens is 4. The SMILES string of the molecule is O=C(OCCn1cnc2ccsc2c1=O)c1cc(C2CC2)[nH]n1. The monoisotopic (exact) mass is 330 g/mol. The molecule has 0 amide bonds. The zero-order valence-corrected chi connectivity index (χ0v) is 13.0. The lowest BCUT2D eigenvalue weighted by Gasteiger charge is -2.05. The Kier molecular flexibility index (Phi) is 3.45. The van der Waals surface area contributed by atoms with Gasteiger partial charge in [0.05, 0.1) is 18.4 Å². The van der Waals surface area contributed by atoms with Gasteiger partial charge in [0, 0.05) is 11.6 Å². The van der Waals surface area contributed by atoms with Gasteiger partial charge < -0.3 is 4.74 Å². The summed E-state index contributed by atoms with van der Waals surface area (Å²) >= 11 is 1.36. The number of carbonyl (C=O) groups is 1. The molecule has 0 spiro atoms. The molecular weight excluding hydrogens is 316 g/mol. The van der Waals surface area contributed by atoms with Crippen LogP contribution in [0.25, 0.3) is 10.2 Å². The topological polar surface area (TPSA) is 89.9 Å². The van der Waals surface area contributed by atoms with Crippen LogP contribution in [0.5, 0.6) is 0 Å². The van der Waals surface area contributed by atoms with Gasteiger partial charge in [-0.25, -0.2) is 9.78 Å². The number of hydrogen-bond acceptors (Lipinski definition) is 6. The predicted molar refractivity (Wildman–Crippen MR) is 84.7 cm³/mol. The van der Waals surface area contributed by atoms with Crippen LogP contribution in [0.4, 0.5) is 0 Å². The number of carbonyl (C=O) groups excluding carboxylic acids is 1. The van der Waals surface area contributed by atoms with Crippen LogP contribution in [0.3, 0.4) is 0 Å². The van der Waals surface area contributed by atoms with Crippen LogP contribution in [-0.2, 0) is 11.3 Å². The summed E-state index contributed by atoms with van der Waals surface area (Å²) in [5.41, 5.74) is 1.85. The molecule has 0 unspecified atom stereocenters. The van der Waals surface area contributed by atoms with E-state index in [1.165, 1.54) is 22.2 Å². The molecular formula is C15H14N4O3S. The van der Waals surface area contributed by atoms with Crippen molar-refractivity contribution in [3.8, 4) is 0 Å². The second-order valence-corrected chi connectivity index (χ2v) is 6.41. The third kappa shape index (κ3) is 2.77. The molecule has 1 fully saturated rings. The van der Waals surface area contributed by atoms with E-state index in [-0.39, 0.29) is 24.4 Å². The van der Waals surface area contributed by atoms with Crippen LogP contribution < -0.4 is 5.56 Å². The van der Waals surface area contributed by atoms with Crippen LogP contribution in [0.15, 0.2) is 28.6 Å². The van der Waals surface area contributed by atoms with Crippen molar-refractivity contribution in [1.29, 1.82) is 0 Å². The molecule has 7 nitrogen and oxygen atoms in total. The molecule has 0 radical (unpaired) electrons. The second-order valence-electron chi connectivity index (χ2n) is 5.50. The van der Waals surface area contributed by atoms with E-state index >= 15 is 0 Å². The predicted octanol–water partition coefficient (Wildman–Crippen LogP) is 1.92. The molecule has 1 aliphatic rings. The zero-order valence-electron chi connectivity index (χ0n) is 12.2. The molecule has 1 saturated carbocycles. The average molecular weight is 330 g/mol. The summed E-state index contributed by atoms with van der Waals surface area (Å²) < 4.78 is 7.25. The summed E-state index contributed by atoms with van der Waals surface area (Å²) in [6.45, 7) is 0.369. The van der Waals surface area contributed by atoms with Gasteiger partial charge in [-0.1, -0.05) is 0 Å². The number of nitrogens with zero attached hydrogens (tertiary/aromatic N) is 3. The summed E-state index contributed by atoms with van der Waals surface area (Å²) in [5.74, 6) is 0.0255. The number of hydrogen-bond donors (Lipinski definition) is 1. The van der Waals surface area contributed by atoms with Crippen LogP contribution in [0.1, 0.15) is 34.9 Å². The number of aromatic amines is 1. The first-order valence-electron chi connectivity index (χ1n) is 7.37. The molecule has 0 aliphatic heterocycles. The van der Waals surface area contributed by atoms with Gasteiger partial charge in [0.15, 0.2) is 5.69 Å². The average Bonchev–Trinajstić information content (AvgIpc) is 3.10. The van der Waals surface area contributed by atoms with Crippen LogP contribution in [0, 0.1) is 0 Å². The van der Waals surface area contributed by atoms with Gasteiger partial charge >= 0.3 is 5.97 Å². The number of esters is 1. The van der Waals surface area contributed by atoms with Crippen molar-refractivity contribution in [1.82, 2.24) is 19.7 Å². The Morgan fingerprint density at radius 1 is 1.48 bits per heavy atom. The van der Waals surface area contributed by atoms with Crippen molar-refractivity contribution in [2.24, 2.45) is 0 Å². The van der Waals surface area contributed by atoms with Crippen molar-refractivity contribution in [3.05, 3.63) is 45.6 Å². The van der Waals surface area contributed by atoms with Crippen LogP contribution in [0.2, 0.25) is 0 Å². The smallest absolute Gasteiger partial charge is 0.358 e. The third-order valence-corrected chi connectivity index (χ3v) is 4.72. The summed E-state index contributed by atoms with van der Waals surface area (Å²) in [6.07, 6.45) is 3.75. The highest BCUT2D eigenvalue weighted by atomic mass is 32.1. The normalized spacial score (nSPS) is 14.3. The number of ether oxygens (including phenoxy) is 1. The van der Waals surface area contributed by atoms with Crippen molar-refractivity contribution in [3.63, 3.8) is 0 Å². The molecule has 8 heteroatoms. The lowest BCUT2D eigenvalue weighted by molar-refractivity contribution is 0.0483. The van der Waals surface area contributed by atoms with Crippen molar-refractivity contribution >= 4 is 27.5 Å². The highest BCUT2D eigenvalue weighted by molar-refractivity contribution is 7.17. The summed E-state index contributed by atoms with van der Waals surface area (Å²) in [6, 6.07) is 3.55. The lowest BCUT2D eigenvalue weighted by atomic mass is 10.3. The molecule has 23 heavy (non-hydrogen) atoms. The number of fused-ring (bicyclic) bond motifs is 1. The Morgan fingerprint density at radius 2 is 2.35 bits per heavy atom. The first-order chi connectivity index (χ1) is 11.2. The number of thiophene rings is 1. The quantitative estimate of drug-likeness (QED) is 0.722. The van der Waals surface area contributed by atoms with Crippen molar-refractivity contribution in [2.45, 2.75) is 25.3 Å². The molecule has 0 bridgehead atoms. The van der Waals surface area contributed by atoms with Gasteiger partial charge in [0.1, 0.15) is 11.3 Å². The first-order valence-corrected chi connectivity index (χ1v) is 8.25. The molecule has 3 heterocycles. The van der Waals surface area contributed by atoms with Gasteiger partial charge in [-0.2, -0.15) is 5.10 Å². The van der Waals surface area contributed by atoms with Gasteiger partial charge in [-0.15, -0.1) is 11.3 Å². The van der Waals surface area contributed by atoms with E-state index in [2.05, 4.69) is 15.2 Å². The molecule has 1 aliphatic carbocycles.